The lowest BCUT2D eigenvalue weighted by Gasteiger charge is -2.43. The predicted molar refractivity (Wildman–Crippen MR) is 146 cm³/mol. The van der Waals surface area contributed by atoms with Crippen LogP contribution in [0.2, 0.25) is 0 Å². The minimum absolute atomic E-state index is 0.0185. The summed E-state index contributed by atoms with van der Waals surface area (Å²) in [6, 6.07) is 3.14. The molecule has 5 aliphatic rings. The average Bonchev–Trinajstić information content (AvgIpc) is 3.47. The van der Waals surface area contributed by atoms with Crippen LogP contribution in [0.15, 0.2) is 12.3 Å². The van der Waals surface area contributed by atoms with Gasteiger partial charge in [0.25, 0.3) is 5.91 Å². The topological polar surface area (TPSA) is 78.3 Å². The summed E-state index contributed by atoms with van der Waals surface area (Å²) in [6.45, 7) is 9.40. The molecule has 200 valence electrons. The largest absolute Gasteiger partial charge is 0.351 e. The van der Waals surface area contributed by atoms with Crippen LogP contribution in [-0.4, -0.2) is 81.6 Å². The van der Waals surface area contributed by atoms with Crippen LogP contribution in [0.5, 0.6) is 0 Å². The van der Waals surface area contributed by atoms with Gasteiger partial charge in [-0.15, -0.1) is 0 Å². The van der Waals surface area contributed by atoms with Crippen molar-refractivity contribution in [2.24, 2.45) is 11.8 Å². The van der Waals surface area contributed by atoms with E-state index in [1.54, 1.807) is 0 Å². The maximum atomic E-state index is 12.7. The van der Waals surface area contributed by atoms with Crippen molar-refractivity contribution >= 4 is 22.9 Å². The normalized spacial score (nSPS) is 32.3. The van der Waals surface area contributed by atoms with Gasteiger partial charge in [-0.3, -0.25) is 9.69 Å². The number of aromatic nitrogens is 3. The molecule has 2 unspecified atom stereocenters. The van der Waals surface area contributed by atoms with Crippen LogP contribution in [0.1, 0.15) is 81.6 Å². The third-order valence-electron chi connectivity index (χ3n) is 10.3. The fraction of sp³-hybridized carbons (Fsp3) is 0.759. The van der Waals surface area contributed by atoms with Gasteiger partial charge in [-0.25, -0.2) is 4.98 Å². The lowest BCUT2D eigenvalue weighted by molar-refractivity contribution is 0.0746. The smallest absolute Gasteiger partial charge is 0.268 e. The van der Waals surface area contributed by atoms with E-state index in [0.29, 0.717) is 12.6 Å². The van der Waals surface area contributed by atoms with Gasteiger partial charge in [0.2, 0.25) is 5.95 Å². The molecular formula is C29H43N7O. The molecule has 8 nitrogen and oxygen atoms in total. The Morgan fingerprint density at radius 2 is 1.84 bits per heavy atom. The summed E-state index contributed by atoms with van der Waals surface area (Å²) in [7, 11) is 0. The Kier molecular flexibility index (Phi) is 6.15. The molecule has 2 aromatic rings. The Morgan fingerprint density at radius 3 is 2.57 bits per heavy atom. The first-order valence-electron chi connectivity index (χ1n) is 15.0. The predicted octanol–water partition coefficient (Wildman–Crippen LogP) is 3.83. The summed E-state index contributed by atoms with van der Waals surface area (Å²) >= 11 is 0. The summed E-state index contributed by atoms with van der Waals surface area (Å²) in [5.74, 6) is 2.67. The zero-order chi connectivity index (χ0) is 25.0. The molecule has 3 saturated carbocycles. The number of carbonyl (C=O) groups excluding carboxylic acids is 1. The monoisotopic (exact) mass is 505 g/mol. The number of rotatable bonds is 5. The highest BCUT2D eigenvalue weighted by atomic mass is 16.2. The molecule has 2 atom stereocenters. The highest BCUT2D eigenvalue weighted by Crippen LogP contribution is 2.41. The summed E-state index contributed by atoms with van der Waals surface area (Å²) in [4.78, 5) is 27.9. The van der Waals surface area contributed by atoms with Crippen molar-refractivity contribution in [3.8, 4) is 0 Å². The van der Waals surface area contributed by atoms with Crippen LogP contribution >= 0.6 is 0 Å². The Balaban J connectivity index is 0.993. The van der Waals surface area contributed by atoms with Crippen molar-refractivity contribution in [1.29, 1.82) is 0 Å². The molecule has 0 radical (unpaired) electrons. The Morgan fingerprint density at radius 1 is 1.08 bits per heavy atom. The number of nitrogens with one attached hydrogen (secondary N) is 2. The Hall–Kier alpha value is -2.19. The molecule has 3 aliphatic carbocycles. The van der Waals surface area contributed by atoms with Gasteiger partial charge in [-0.2, -0.15) is 4.98 Å². The average molecular weight is 506 g/mol. The molecule has 0 aromatic carbocycles. The van der Waals surface area contributed by atoms with Crippen molar-refractivity contribution < 1.29 is 4.79 Å². The first-order valence-corrected chi connectivity index (χ1v) is 15.0. The van der Waals surface area contributed by atoms with E-state index in [9.17, 15) is 4.79 Å². The third kappa shape index (κ3) is 4.54. The highest BCUT2D eigenvalue weighted by Gasteiger charge is 2.42. The van der Waals surface area contributed by atoms with Crippen molar-refractivity contribution in [2.45, 2.75) is 88.8 Å². The van der Waals surface area contributed by atoms with Crippen LogP contribution in [0.25, 0.3) is 11.0 Å². The molecular weight excluding hydrogens is 462 g/mol. The molecule has 7 rings (SSSR count). The standard InChI is InChI=1S/C29H43N7O/c1-20-15-22(20)18-34-11-13-35(14-12-34)24-7-5-23(6-8-24)32-28-30-17-21-16-25-27(37)31-19-29(9-3-2-4-10-29)36(25)26(21)33-28/h16-17,20,22-24H,2-15,18-19H2,1H3,(H,31,37)(H,30,32,33)/t20?,22?,23-,24-. The maximum Gasteiger partial charge on any atom is 0.268 e. The maximum absolute atomic E-state index is 12.7. The second-order valence-electron chi connectivity index (χ2n) is 12.8. The number of nitrogens with zero attached hydrogens (tertiary/aromatic N) is 5. The Labute approximate surface area is 220 Å². The van der Waals surface area contributed by atoms with Gasteiger partial charge in [-0.05, 0) is 62.8 Å². The zero-order valence-corrected chi connectivity index (χ0v) is 22.4. The second kappa shape index (κ2) is 9.53. The van der Waals surface area contributed by atoms with E-state index in [1.165, 1.54) is 84.1 Å². The van der Waals surface area contributed by atoms with Crippen molar-refractivity contribution in [3.05, 3.63) is 18.0 Å². The minimum atomic E-state index is -0.0339. The molecule has 2 N–H and O–H groups in total. The van der Waals surface area contributed by atoms with Crippen LogP contribution in [-0.2, 0) is 5.54 Å². The van der Waals surface area contributed by atoms with E-state index >= 15 is 0 Å². The molecule has 1 saturated heterocycles. The van der Waals surface area contributed by atoms with Crippen LogP contribution in [0.3, 0.4) is 0 Å². The fourth-order valence-corrected chi connectivity index (χ4v) is 7.79. The van der Waals surface area contributed by atoms with Gasteiger partial charge in [-0.1, -0.05) is 26.2 Å². The summed E-state index contributed by atoms with van der Waals surface area (Å²) in [5, 5.41) is 7.80. The van der Waals surface area contributed by atoms with Gasteiger partial charge in [0.05, 0.1) is 5.54 Å². The van der Waals surface area contributed by atoms with E-state index in [4.69, 9.17) is 4.98 Å². The minimum Gasteiger partial charge on any atom is -0.351 e. The lowest BCUT2D eigenvalue weighted by Crippen LogP contribution is -2.52. The molecule has 1 amide bonds. The van der Waals surface area contributed by atoms with Crippen molar-refractivity contribution in [3.63, 3.8) is 0 Å². The van der Waals surface area contributed by atoms with E-state index in [2.05, 4.69) is 36.9 Å². The summed E-state index contributed by atoms with van der Waals surface area (Å²) in [5.41, 5.74) is 1.65. The second-order valence-corrected chi connectivity index (χ2v) is 12.8. The third-order valence-corrected chi connectivity index (χ3v) is 10.3. The molecule has 0 bridgehead atoms. The molecule has 2 aliphatic heterocycles. The lowest BCUT2D eigenvalue weighted by atomic mass is 9.80. The first kappa shape index (κ1) is 23.9. The van der Waals surface area contributed by atoms with Gasteiger partial charge in [0, 0.05) is 62.9 Å². The van der Waals surface area contributed by atoms with Gasteiger partial charge < -0.3 is 20.1 Å². The van der Waals surface area contributed by atoms with E-state index in [0.717, 1.165) is 53.4 Å². The molecule has 37 heavy (non-hydrogen) atoms. The number of amides is 1. The SMILES string of the molecule is CC1CC1CN1CCN([C@H]2CC[C@H](Nc3ncc4cc5n(c4n3)C3(CCCCC3)CNC5=O)CC2)CC1. The number of carbonyl (C=O) groups is 1. The quantitative estimate of drug-likeness (QED) is 0.643. The fourth-order valence-electron chi connectivity index (χ4n) is 7.79. The molecule has 4 heterocycles. The van der Waals surface area contributed by atoms with Crippen LogP contribution in [0, 0.1) is 11.8 Å². The van der Waals surface area contributed by atoms with E-state index in [-0.39, 0.29) is 11.4 Å². The van der Waals surface area contributed by atoms with E-state index < -0.39 is 0 Å². The van der Waals surface area contributed by atoms with Crippen LogP contribution in [0.4, 0.5) is 5.95 Å². The summed E-state index contributed by atoms with van der Waals surface area (Å²) in [6.07, 6.45) is 14.1. The van der Waals surface area contributed by atoms with Crippen molar-refractivity contribution in [2.75, 3.05) is 44.6 Å². The highest BCUT2D eigenvalue weighted by molar-refractivity contribution is 5.99. The number of hydrogen-bond donors (Lipinski definition) is 2. The van der Waals surface area contributed by atoms with Crippen molar-refractivity contribution in [1.82, 2.24) is 29.7 Å². The zero-order valence-electron chi connectivity index (χ0n) is 22.4. The number of piperazine rings is 1. The molecule has 4 fully saturated rings. The van der Waals surface area contributed by atoms with Gasteiger partial charge in [0.15, 0.2) is 0 Å². The number of anilines is 1. The molecule has 1 spiro atoms. The van der Waals surface area contributed by atoms with E-state index in [1.807, 2.05) is 12.3 Å². The molecule has 2 aromatic heterocycles. The summed E-state index contributed by atoms with van der Waals surface area (Å²) < 4.78 is 2.27. The number of hydrogen-bond acceptors (Lipinski definition) is 6. The van der Waals surface area contributed by atoms with Gasteiger partial charge in [0.1, 0.15) is 11.3 Å². The van der Waals surface area contributed by atoms with Crippen LogP contribution < -0.4 is 10.6 Å². The number of fused-ring (bicyclic) bond motifs is 4. The first-order chi connectivity index (χ1) is 18.1. The van der Waals surface area contributed by atoms with Gasteiger partial charge >= 0.3 is 0 Å². The molecule has 8 heteroatoms. The Bertz CT molecular complexity index is 1140.